The Kier molecular flexibility index (Phi) is 5.51. The van der Waals surface area contributed by atoms with Crippen molar-refractivity contribution >= 4 is 5.96 Å². The molecule has 0 saturated carbocycles. The van der Waals surface area contributed by atoms with Crippen LogP contribution in [0.15, 0.2) is 4.99 Å². The highest BCUT2D eigenvalue weighted by molar-refractivity contribution is 5.80. The fourth-order valence-electron chi connectivity index (χ4n) is 1.86. The number of rotatable bonds is 3. The third-order valence-corrected chi connectivity index (χ3v) is 2.90. The van der Waals surface area contributed by atoms with Crippen LogP contribution in [0.1, 0.15) is 40.0 Å². The van der Waals surface area contributed by atoms with Gasteiger partial charge in [-0.3, -0.25) is 4.99 Å². The number of likely N-dealkylation sites (tertiary alicyclic amines) is 1. The molecule has 0 atom stereocenters. The molecule has 15 heavy (non-hydrogen) atoms. The normalized spacial score (nSPS) is 19.4. The number of nitrogens with zero attached hydrogens (tertiary/aromatic N) is 2. The summed E-state index contributed by atoms with van der Waals surface area (Å²) < 4.78 is 0. The summed E-state index contributed by atoms with van der Waals surface area (Å²) >= 11 is 0. The molecule has 0 aromatic rings. The van der Waals surface area contributed by atoms with Crippen LogP contribution in [-0.2, 0) is 0 Å². The van der Waals surface area contributed by atoms with Gasteiger partial charge in [-0.1, -0.05) is 13.8 Å². The lowest BCUT2D eigenvalue weighted by Crippen LogP contribution is -2.45. The van der Waals surface area contributed by atoms with Crippen molar-refractivity contribution in [2.24, 2.45) is 10.9 Å². The molecule has 0 aliphatic carbocycles. The molecule has 1 heterocycles. The highest BCUT2D eigenvalue weighted by Gasteiger charge is 2.17. The van der Waals surface area contributed by atoms with E-state index in [2.05, 4.69) is 36.0 Å². The van der Waals surface area contributed by atoms with Crippen LogP contribution in [0, 0.1) is 5.92 Å². The van der Waals surface area contributed by atoms with E-state index in [0.717, 1.165) is 44.5 Å². The number of aliphatic imine (C=N–C) groups is 1. The van der Waals surface area contributed by atoms with Gasteiger partial charge in [0.25, 0.3) is 0 Å². The zero-order chi connectivity index (χ0) is 11.1. The lowest BCUT2D eigenvalue weighted by atomic mass is 10.00. The average molecular weight is 211 g/mol. The standard InChI is InChI=1S/C12H25N3/c1-4-8-14-12(13-5-2)15-9-6-11(3)7-10-15/h11H,4-10H2,1-3H3,(H,13,14). The Morgan fingerprint density at radius 3 is 2.53 bits per heavy atom. The first-order valence-corrected chi connectivity index (χ1v) is 6.31. The summed E-state index contributed by atoms with van der Waals surface area (Å²) in [5, 5.41) is 3.38. The van der Waals surface area contributed by atoms with Crippen molar-refractivity contribution in [2.45, 2.75) is 40.0 Å². The summed E-state index contributed by atoms with van der Waals surface area (Å²) in [6, 6.07) is 0. The molecule has 0 aromatic heterocycles. The van der Waals surface area contributed by atoms with Crippen molar-refractivity contribution in [3.05, 3.63) is 0 Å². The molecule has 0 spiro atoms. The summed E-state index contributed by atoms with van der Waals surface area (Å²) in [6.07, 6.45) is 3.73. The van der Waals surface area contributed by atoms with E-state index >= 15 is 0 Å². The minimum atomic E-state index is 0.885. The maximum atomic E-state index is 4.61. The van der Waals surface area contributed by atoms with E-state index in [1.54, 1.807) is 0 Å². The van der Waals surface area contributed by atoms with Gasteiger partial charge in [0.15, 0.2) is 5.96 Å². The molecule has 1 rings (SSSR count). The Labute approximate surface area is 94.0 Å². The van der Waals surface area contributed by atoms with Crippen LogP contribution in [0.2, 0.25) is 0 Å². The molecule has 3 heteroatoms. The van der Waals surface area contributed by atoms with Gasteiger partial charge in [0.2, 0.25) is 0 Å². The Bertz CT molecular complexity index is 193. The van der Waals surface area contributed by atoms with Crippen molar-refractivity contribution in [3.8, 4) is 0 Å². The van der Waals surface area contributed by atoms with Gasteiger partial charge in [-0.05, 0) is 32.1 Å². The lowest BCUT2D eigenvalue weighted by molar-refractivity contribution is 0.273. The van der Waals surface area contributed by atoms with E-state index < -0.39 is 0 Å². The quantitative estimate of drug-likeness (QED) is 0.572. The van der Waals surface area contributed by atoms with E-state index in [9.17, 15) is 0 Å². The Morgan fingerprint density at radius 1 is 1.33 bits per heavy atom. The first-order valence-electron chi connectivity index (χ1n) is 6.31. The molecule has 3 nitrogen and oxygen atoms in total. The van der Waals surface area contributed by atoms with Gasteiger partial charge in [-0.2, -0.15) is 0 Å². The van der Waals surface area contributed by atoms with Gasteiger partial charge in [-0.15, -0.1) is 0 Å². The molecule has 1 fully saturated rings. The van der Waals surface area contributed by atoms with E-state index in [1.165, 1.54) is 12.8 Å². The maximum absolute atomic E-state index is 4.61. The van der Waals surface area contributed by atoms with Crippen molar-refractivity contribution in [1.82, 2.24) is 10.2 Å². The van der Waals surface area contributed by atoms with Crippen LogP contribution in [0.25, 0.3) is 0 Å². The molecule has 1 aliphatic heterocycles. The number of hydrogen-bond donors (Lipinski definition) is 1. The van der Waals surface area contributed by atoms with Crippen LogP contribution in [0.5, 0.6) is 0 Å². The SMILES string of the molecule is CCCN=C(NCC)N1CCC(C)CC1. The van der Waals surface area contributed by atoms with Crippen molar-refractivity contribution in [1.29, 1.82) is 0 Å². The molecule has 88 valence electrons. The predicted molar refractivity (Wildman–Crippen MR) is 66.2 cm³/mol. The third-order valence-electron chi connectivity index (χ3n) is 2.90. The second-order valence-corrected chi connectivity index (χ2v) is 4.41. The largest absolute Gasteiger partial charge is 0.357 e. The summed E-state index contributed by atoms with van der Waals surface area (Å²) in [7, 11) is 0. The number of piperidine rings is 1. The summed E-state index contributed by atoms with van der Waals surface area (Å²) in [5.74, 6) is 2.00. The van der Waals surface area contributed by atoms with Crippen molar-refractivity contribution in [3.63, 3.8) is 0 Å². The maximum Gasteiger partial charge on any atom is 0.193 e. The molecule has 1 aliphatic rings. The summed E-state index contributed by atoms with van der Waals surface area (Å²) in [5.41, 5.74) is 0. The van der Waals surface area contributed by atoms with Crippen molar-refractivity contribution < 1.29 is 0 Å². The topological polar surface area (TPSA) is 27.6 Å². The molecule has 0 bridgehead atoms. The van der Waals surface area contributed by atoms with Gasteiger partial charge < -0.3 is 10.2 Å². The predicted octanol–water partition coefficient (Wildman–Crippen LogP) is 2.09. The monoisotopic (exact) mass is 211 g/mol. The minimum absolute atomic E-state index is 0.885. The molecule has 0 unspecified atom stereocenters. The lowest BCUT2D eigenvalue weighted by Gasteiger charge is -2.32. The number of hydrogen-bond acceptors (Lipinski definition) is 1. The fourth-order valence-corrected chi connectivity index (χ4v) is 1.86. The molecule has 1 saturated heterocycles. The molecular formula is C12H25N3. The molecule has 0 radical (unpaired) electrons. The van der Waals surface area contributed by atoms with Crippen LogP contribution < -0.4 is 5.32 Å². The van der Waals surface area contributed by atoms with Gasteiger partial charge in [-0.25, -0.2) is 0 Å². The van der Waals surface area contributed by atoms with E-state index in [0.29, 0.717) is 0 Å². The molecular weight excluding hydrogens is 186 g/mol. The smallest absolute Gasteiger partial charge is 0.193 e. The minimum Gasteiger partial charge on any atom is -0.357 e. The third kappa shape index (κ3) is 4.10. The highest BCUT2D eigenvalue weighted by atomic mass is 15.3. The van der Waals surface area contributed by atoms with E-state index in [4.69, 9.17) is 0 Å². The molecule has 1 N–H and O–H groups in total. The summed E-state index contributed by atoms with van der Waals surface area (Å²) in [4.78, 5) is 7.01. The Morgan fingerprint density at radius 2 is 2.00 bits per heavy atom. The zero-order valence-electron chi connectivity index (χ0n) is 10.4. The molecule has 0 amide bonds. The fraction of sp³-hybridized carbons (Fsp3) is 0.917. The highest BCUT2D eigenvalue weighted by Crippen LogP contribution is 2.15. The first kappa shape index (κ1) is 12.3. The average Bonchev–Trinajstić information content (AvgIpc) is 2.25. The van der Waals surface area contributed by atoms with Gasteiger partial charge in [0.05, 0.1) is 0 Å². The Balaban J connectivity index is 2.48. The van der Waals surface area contributed by atoms with Crippen LogP contribution >= 0.6 is 0 Å². The van der Waals surface area contributed by atoms with Crippen LogP contribution in [0.3, 0.4) is 0 Å². The zero-order valence-corrected chi connectivity index (χ0v) is 10.4. The van der Waals surface area contributed by atoms with Crippen LogP contribution in [-0.4, -0.2) is 37.0 Å². The van der Waals surface area contributed by atoms with E-state index in [1.807, 2.05) is 0 Å². The Hall–Kier alpha value is -0.730. The van der Waals surface area contributed by atoms with Gasteiger partial charge >= 0.3 is 0 Å². The van der Waals surface area contributed by atoms with Gasteiger partial charge in [0, 0.05) is 26.2 Å². The van der Waals surface area contributed by atoms with Crippen molar-refractivity contribution in [2.75, 3.05) is 26.2 Å². The van der Waals surface area contributed by atoms with Crippen LogP contribution in [0.4, 0.5) is 0 Å². The molecule has 0 aromatic carbocycles. The summed E-state index contributed by atoms with van der Waals surface area (Å²) in [6.45, 7) is 10.9. The van der Waals surface area contributed by atoms with Gasteiger partial charge in [0.1, 0.15) is 0 Å². The second-order valence-electron chi connectivity index (χ2n) is 4.41. The first-order chi connectivity index (χ1) is 7.27. The number of guanidine groups is 1. The second kappa shape index (κ2) is 6.70. The number of nitrogens with one attached hydrogen (secondary N) is 1. The van der Waals surface area contributed by atoms with E-state index in [-0.39, 0.29) is 0 Å².